The molecule has 2 nitrogen and oxygen atoms in total. The number of carbonyl (C=O) groups is 1. The van der Waals surface area contributed by atoms with Crippen LogP contribution in [0.5, 0.6) is 0 Å². The van der Waals surface area contributed by atoms with E-state index < -0.39 is 0 Å². The van der Waals surface area contributed by atoms with Crippen LogP contribution < -0.4 is 5.32 Å². The predicted octanol–water partition coefficient (Wildman–Crippen LogP) is 1.96. The summed E-state index contributed by atoms with van der Waals surface area (Å²) in [6, 6.07) is 5.83. The number of halogens is 1. The molecule has 0 unspecified atom stereocenters. The smallest absolute Gasteiger partial charge is 0.252 e. The number of hydrogen-bond acceptors (Lipinski definition) is 1. The van der Waals surface area contributed by atoms with Crippen LogP contribution in [-0.2, 0) is 0 Å². The lowest BCUT2D eigenvalue weighted by molar-refractivity contribution is 0.0962. The first-order chi connectivity index (χ1) is 5.65. The summed E-state index contributed by atoms with van der Waals surface area (Å²) in [4.78, 5) is 11.3. The monoisotopic (exact) mass is 275 g/mol. The molecule has 0 saturated carbocycles. The highest BCUT2D eigenvalue weighted by Gasteiger charge is 2.06. The van der Waals surface area contributed by atoms with E-state index >= 15 is 0 Å². The molecule has 0 aromatic heterocycles. The van der Waals surface area contributed by atoms with Gasteiger partial charge in [-0.05, 0) is 41.6 Å². The highest BCUT2D eigenvalue weighted by Crippen LogP contribution is 2.13. The summed E-state index contributed by atoms with van der Waals surface area (Å²) in [5.41, 5.74) is 1.85. The molecule has 0 bridgehead atoms. The van der Waals surface area contributed by atoms with Crippen LogP contribution in [0, 0.1) is 10.5 Å². The Balaban J connectivity index is 3.13. The van der Waals surface area contributed by atoms with E-state index in [-0.39, 0.29) is 5.91 Å². The van der Waals surface area contributed by atoms with Crippen LogP contribution in [0.3, 0.4) is 0 Å². The maximum absolute atomic E-state index is 11.3. The number of amides is 1. The number of aryl methyl sites for hydroxylation is 1. The van der Waals surface area contributed by atoms with Gasteiger partial charge in [-0.1, -0.05) is 11.6 Å². The normalized spacial score (nSPS) is 9.58. The van der Waals surface area contributed by atoms with E-state index in [0.717, 1.165) is 14.7 Å². The van der Waals surface area contributed by atoms with Crippen molar-refractivity contribution < 1.29 is 4.79 Å². The molecular formula is C9H10INO. The zero-order valence-electron chi connectivity index (χ0n) is 7.02. The summed E-state index contributed by atoms with van der Waals surface area (Å²) in [6.45, 7) is 1.97. The van der Waals surface area contributed by atoms with Crippen molar-refractivity contribution in [2.24, 2.45) is 0 Å². The van der Waals surface area contributed by atoms with Gasteiger partial charge in [-0.25, -0.2) is 0 Å². The molecule has 0 atom stereocenters. The lowest BCUT2D eigenvalue weighted by atomic mass is 10.1. The van der Waals surface area contributed by atoms with Gasteiger partial charge < -0.3 is 5.32 Å². The van der Waals surface area contributed by atoms with Gasteiger partial charge in [-0.2, -0.15) is 0 Å². The Morgan fingerprint density at radius 2 is 2.17 bits per heavy atom. The summed E-state index contributed by atoms with van der Waals surface area (Å²) in [5, 5.41) is 2.61. The second kappa shape index (κ2) is 3.89. The minimum atomic E-state index is -0.0249. The van der Waals surface area contributed by atoms with Crippen molar-refractivity contribution in [2.75, 3.05) is 7.05 Å². The first-order valence-corrected chi connectivity index (χ1v) is 4.71. The van der Waals surface area contributed by atoms with Gasteiger partial charge in [0, 0.05) is 10.6 Å². The van der Waals surface area contributed by atoms with E-state index in [1.54, 1.807) is 7.05 Å². The van der Waals surface area contributed by atoms with E-state index in [1.807, 2.05) is 25.1 Å². The van der Waals surface area contributed by atoms with Crippen LogP contribution in [0.15, 0.2) is 18.2 Å². The molecule has 12 heavy (non-hydrogen) atoms. The van der Waals surface area contributed by atoms with Gasteiger partial charge in [0.25, 0.3) is 5.91 Å². The Labute approximate surface area is 85.5 Å². The van der Waals surface area contributed by atoms with Gasteiger partial charge in [-0.3, -0.25) is 4.79 Å². The molecule has 0 aliphatic carbocycles. The van der Waals surface area contributed by atoms with Crippen molar-refractivity contribution >= 4 is 28.5 Å². The molecule has 1 aromatic rings. The first kappa shape index (κ1) is 9.51. The van der Waals surface area contributed by atoms with E-state index in [4.69, 9.17) is 0 Å². The third kappa shape index (κ3) is 1.97. The van der Waals surface area contributed by atoms with Gasteiger partial charge in [0.1, 0.15) is 0 Å². The molecule has 0 aliphatic heterocycles. The zero-order chi connectivity index (χ0) is 9.14. The summed E-state index contributed by atoms with van der Waals surface area (Å²) < 4.78 is 0.984. The number of hydrogen-bond donors (Lipinski definition) is 1. The van der Waals surface area contributed by atoms with Crippen molar-refractivity contribution in [2.45, 2.75) is 6.92 Å². The standard InChI is InChI=1S/C9H10INO/c1-6-3-4-8(10)7(5-6)9(12)11-2/h3-5H,1-2H3,(H,11,12). The molecule has 0 radical (unpaired) electrons. The Kier molecular flexibility index (Phi) is 3.08. The molecule has 1 rings (SSSR count). The van der Waals surface area contributed by atoms with Gasteiger partial charge in [-0.15, -0.1) is 0 Å². The Bertz CT molecular complexity index is 309. The molecule has 1 amide bonds. The largest absolute Gasteiger partial charge is 0.355 e. The SMILES string of the molecule is CNC(=O)c1cc(C)ccc1I. The maximum Gasteiger partial charge on any atom is 0.252 e. The molecule has 0 aliphatic rings. The Hall–Kier alpha value is -0.580. The summed E-state index contributed by atoms with van der Waals surface area (Å²) >= 11 is 2.15. The van der Waals surface area contributed by atoms with Gasteiger partial charge >= 0.3 is 0 Å². The highest BCUT2D eigenvalue weighted by molar-refractivity contribution is 14.1. The number of carbonyl (C=O) groups excluding carboxylic acids is 1. The Morgan fingerprint density at radius 3 is 2.75 bits per heavy atom. The fourth-order valence-corrected chi connectivity index (χ4v) is 1.53. The average molecular weight is 275 g/mol. The molecule has 3 heteroatoms. The third-order valence-electron chi connectivity index (χ3n) is 1.59. The van der Waals surface area contributed by atoms with Crippen LogP contribution in [0.2, 0.25) is 0 Å². The van der Waals surface area contributed by atoms with E-state index in [2.05, 4.69) is 27.9 Å². The van der Waals surface area contributed by atoms with E-state index in [1.165, 1.54) is 0 Å². The van der Waals surface area contributed by atoms with E-state index in [0.29, 0.717) is 0 Å². The second-order valence-electron chi connectivity index (χ2n) is 2.56. The van der Waals surface area contributed by atoms with Crippen molar-refractivity contribution in [3.8, 4) is 0 Å². The minimum Gasteiger partial charge on any atom is -0.355 e. The lowest BCUT2D eigenvalue weighted by Gasteiger charge is -2.03. The second-order valence-corrected chi connectivity index (χ2v) is 3.72. The van der Waals surface area contributed by atoms with Crippen LogP contribution in [-0.4, -0.2) is 13.0 Å². The maximum atomic E-state index is 11.3. The predicted molar refractivity (Wildman–Crippen MR) is 57.3 cm³/mol. The van der Waals surface area contributed by atoms with Crippen molar-refractivity contribution in [3.63, 3.8) is 0 Å². The average Bonchev–Trinajstić information content (AvgIpc) is 2.08. The number of nitrogens with one attached hydrogen (secondary N) is 1. The van der Waals surface area contributed by atoms with Crippen LogP contribution in [0.4, 0.5) is 0 Å². The topological polar surface area (TPSA) is 29.1 Å². The van der Waals surface area contributed by atoms with Crippen molar-refractivity contribution in [3.05, 3.63) is 32.9 Å². The van der Waals surface area contributed by atoms with Gasteiger partial charge in [0.2, 0.25) is 0 Å². The fourth-order valence-electron chi connectivity index (χ4n) is 0.948. The quantitative estimate of drug-likeness (QED) is 0.780. The lowest BCUT2D eigenvalue weighted by Crippen LogP contribution is -2.19. The molecule has 0 spiro atoms. The van der Waals surface area contributed by atoms with Gasteiger partial charge in [0.05, 0.1) is 5.56 Å². The van der Waals surface area contributed by atoms with Crippen molar-refractivity contribution in [1.29, 1.82) is 0 Å². The summed E-state index contributed by atoms with van der Waals surface area (Å²) in [5.74, 6) is -0.0249. The van der Waals surface area contributed by atoms with Gasteiger partial charge in [0.15, 0.2) is 0 Å². The summed E-state index contributed by atoms with van der Waals surface area (Å²) in [6.07, 6.45) is 0. The Morgan fingerprint density at radius 1 is 1.50 bits per heavy atom. The number of rotatable bonds is 1. The third-order valence-corrected chi connectivity index (χ3v) is 2.53. The molecule has 0 saturated heterocycles. The van der Waals surface area contributed by atoms with E-state index in [9.17, 15) is 4.79 Å². The van der Waals surface area contributed by atoms with Crippen LogP contribution in [0.1, 0.15) is 15.9 Å². The van der Waals surface area contributed by atoms with Crippen LogP contribution in [0.25, 0.3) is 0 Å². The molecule has 1 N–H and O–H groups in total. The first-order valence-electron chi connectivity index (χ1n) is 3.63. The molecule has 64 valence electrons. The molecular weight excluding hydrogens is 265 g/mol. The minimum absolute atomic E-state index is 0.0249. The van der Waals surface area contributed by atoms with Crippen LogP contribution >= 0.6 is 22.6 Å². The molecule has 0 fully saturated rings. The van der Waals surface area contributed by atoms with Crippen molar-refractivity contribution in [1.82, 2.24) is 5.32 Å². The molecule has 1 aromatic carbocycles. The molecule has 0 heterocycles. The summed E-state index contributed by atoms with van der Waals surface area (Å²) in [7, 11) is 1.64. The number of benzene rings is 1. The highest BCUT2D eigenvalue weighted by atomic mass is 127. The zero-order valence-corrected chi connectivity index (χ0v) is 9.18. The fraction of sp³-hybridized carbons (Fsp3) is 0.222.